The Hall–Kier alpha value is -0.940. The largest absolute Gasteiger partial charge is 0.393 e. The second kappa shape index (κ2) is 7.40. The third-order valence-corrected chi connectivity index (χ3v) is 2.86. The summed E-state index contributed by atoms with van der Waals surface area (Å²) in [5.41, 5.74) is 0. The number of nitrogens with zero attached hydrogens (tertiary/aromatic N) is 3. The van der Waals surface area contributed by atoms with Crippen molar-refractivity contribution < 1.29 is 9.84 Å². The number of ether oxygens (including phenoxy) is 1. The second-order valence-corrected chi connectivity index (χ2v) is 4.38. The van der Waals surface area contributed by atoms with Crippen LogP contribution in [0.1, 0.15) is 38.9 Å². The molecule has 1 N–H and O–H groups in total. The summed E-state index contributed by atoms with van der Waals surface area (Å²) < 4.78 is 7.02. The number of rotatable bonds is 8. The predicted octanol–water partition coefficient (Wildman–Crippen LogP) is 1.41. The molecule has 1 rings (SSSR count). The van der Waals surface area contributed by atoms with Gasteiger partial charge in [0.05, 0.1) is 12.2 Å². The van der Waals surface area contributed by atoms with E-state index in [-0.39, 0.29) is 12.2 Å². The van der Waals surface area contributed by atoms with Crippen LogP contribution in [0, 0.1) is 0 Å². The number of aliphatic hydroxyl groups is 1. The van der Waals surface area contributed by atoms with Crippen molar-refractivity contribution in [3.8, 4) is 0 Å². The molecule has 0 radical (unpaired) electrons. The van der Waals surface area contributed by atoms with E-state index in [4.69, 9.17) is 4.74 Å². The summed E-state index contributed by atoms with van der Waals surface area (Å²) in [6.45, 7) is 4.96. The Labute approximate surface area is 103 Å². The Bertz CT molecular complexity index is 314. The minimum Gasteiger partial charge on any atom is -0.393 e. The van der Waals surface area contributed by atoms with Crippen LogP contribution in [-0.2, 0) is 17.7 Å². The minimum atomic E-state index is -0.368. The van der Waals surface area contributed by atoms with Gasteiger partial charge in [0.1, 0.15) is 12.2 Å². The third kappa shape index (κ3) is 4.83. The van der Waals surface area contributed by atoms with Gasteiger partial charge in [-0.3, -0.25) is 4.68 Å². The molecule has 0 saturated carbocycles. The zero-order valence-corrected chi connectivity index (χ0v) is 11.0. The van der Waals surface area contributed by atoms with E-state index in [0.29, 0.717) is 6.42 Å². The first kappa shape index (κ1) is 14.1. The first-order valence-corrected chi connectivity index (χ1v) is 6.24. The van der Waals surface area contributed by atoms with Crippen molar-refractivity contribution >= 4 is 0 Å². The number of aliphatic hydroxyl groups excluding tert-OH is 1. The fourth-order valence-corrected chi connectivity index (χ4v) is 1.70. The maximum atomic E-state index is 9.92. The highest BCUT2D eigenvalue weighted by atomic mass is 16.5. The molecule has 0 aliphatic carbocycles. The lowest BCUT2D eigenvalue weighted by atomic mass is 10.1. The topological polar surface area (TPSA) is 60.2 Å². The molecule has 5 heteroatoms. The number of hydrogen-bond acceptors (Lipinski definition) is 4. The fraction of sp³-hybridized carbons (Fsp3) is 0.833. The Morgan fingerprint density at radius 3 is 2.88 bits per heavy atom. The van der Waals surface area contributed by atoms with E-state index >= 15 is 0 Å². The maximum Gasteiger partial charge on any atom is 0.138 e. The van der Waals surface area contributed by atoms with Crippen LogP contribution in [0.15, 0.2) is 6.33 Å². The van der Waals surface area contributed by atoms with Crippen LogP contribution < -0.4 is 0 Å². The summed E-state index contributed by atoms with van der Waals surface area (Å²) in [6, 6.07) is 0. The van der Waals surface area contributed by atoms with E-state index in [0.717, 1.165) is 31.6 Å². The molecule has 0 bridgehead atoms. The molecule has 1 aromatic heterocycles. The highest BCUT2D eigenvalue weighted by Crippen LogP contribution is 2.08. The van der Waals surface area contributed by atoms with E-state index < -0.39 is 0 Å². The summed E-state index contributed by atoms with van der Waals surface area (Å²) in [7, 11) is 1.69. The Kier molecular flexibility index (Phi) is 6.15. The summed E-state index contributed by atoms with van der Waals surface area (Å²) in [5.74, 6) is 0.865. The zero-order chi connectivity index (χ0) is 12.7. The lowest BCUT2D eigenvalue weighted by molar-refractivity contribution is 0.0842. The van der Waals surface area contributed by atoms with Gasteiger partial charge < -0.3 is 9.84 Å². The number of hydrogen-bond donors (Lipinski definition) is 1. The van der Waals surface area contributed by atoms with Crippen molar-refractivity contribution in [3.63, 3.8) is 0 Å². The SMILES string of the molecule is CCCn1ncnc1CC(O)CCC(C)OC. The van der Waals surface area contributed by atoms with Gasteiger partial charge in [-0.05, 0) is 26.2 Å². The third-order valence-electron chi connectivity index (χ3n) is 2.86. The molecule has 1 heterocycles. The first-order chi connectivity index (χ1) is 8.17. The lowest BCUT2D eigenvalue weighted by Gasteiger charge is -2.13. The Morgan fingerprint density at radius 1 is 1.47 bits per heavy atom. The predicted molar refractivity (Wildman–Crippen MR) is 65.7 cm³/mol. The molecule has 2 atom stereocenters. The van der Waals surface area contributed by atoms with Gasteiger partial charge in [-0.1, -0.05) is 6.92 Å². The Morgan fingerprint density at radius 2 is 2.24 bits per heavy atom. The smallest absolute Gasteiger partial charge is 0.138 e. The molecule has 0 saturated heterocycles. The second-order valence-electron chi connectivity index (χ2n) is 4.38. The average molecular weight is 241 g/mol. The van der Waals surface area contributed by atoms with Crippen molar-refractivity contribution in [2.75, 3.05) is 7.11 Å². The van der Waals surface area contributed by atoms with Gasteiger partial charge in [0.25, 0.3) is 0 Å². The molecule has 17 heavy (non-hydrogen) atoms. The van der Waals surface area contributed by atoms with Crippen molar-refractivity contribution in [1.82, 2.24) is 14.8 Å². The van der Waals surface area contributed by atoms with E-state index in [9.17, 15) is 5.11 Å². The zero-order valence-electron chi connectivity index (χ0n) is 11.0. The molecule has 2 unspecified atom stereocenters. The summed E-state index contributed by atoms with van der Waals surface area (Å²) in [6.07, 6.45) is 4.55. The van der Waals surface area contributed by atoms with Gasteiger partial charge in [-0.15, -0.1) is 0 Å². The molecule has 0 aliphatic rings. The van der Waals surface area contributed by atoms with E-state index in [1.54, 1.807) is 13.4 Å². The van der Waals surface area contributed by atoms with Gasteiger partial charge >= 0.3 is 0 Å². The normalized spacial score (nSPS) is 14.8. The van der Waals surface area contributed by atoms with Crippen LogP contribution in [0.3, 0.4) is 0 Å². The molecule has 98 valence electrons. The van der Waals surface area contributed by atoms with Crippen LogP contribution in [-0.4, -0.2) is 39.2 Å². The highest BCUT2D eigenvalue weighted by molar-refractivity contribution is 4.87. The summed E-state index contributed by atoms with van der Waals surface area (Å²) >= 11 is 0. The van der Waals surface area contributed by atoms with Crippen molar-refractivity contribution in [2.24, 2.45) is 0 Å². The van der Waals surface area contributed by atoms with Gasteiger partial charge in [0.15, 0.2) is 0 Å². The van der Waals surface area contributed by atoms with E-state index in [1.165, 1.54) is 0 Å². The molecular formula is C12H23N3O2. The molecule has 1 aromatic rings. The standard InChI is InChI=1S/C12H23N3O2/c1-4-7-15-12(13-9-14-15)8-11(16)6-5-10(2)17-3/h9-11,16H,4-8H2,1-3H3. The molecule has 0 amide bonds. The molecule has 5 nitrogen and oxygen atoms in total. The lowest BCUT2D eigenvalue weighted by Crippen LogP contribution is -2.18. The number of aryl methyl sites for hydroxylation is 1. The number of methoxy groups -OCH3 is 1. The fourth-order valence-electron chi connectivity index (χ4n) is 1.70. The van der Waals surface area contributed by atoms with Crippen LogP contribution in [0.5, 0.6) is 0 Å². The van der Waals surface area contributed by atoms with Crippen molar-refractivity contribution in [3.05, 3.63) is 12.2 Å². The molecule has 0 aliphatic heterocycles. The van der Waals surface area contributed by atoms with Crippen LogP contribution >= 0.6 is 0 Å². The van der Waals surface area contributed by atoms with E-state index in [2.05, 4.69) is 17.0 Å². The molecule has 0 aromatic carbocycles. The quantitative estimate of drug-likeness (QED) is 0.747. The number of aromatic nitrogens is 3. The summed E-state index contributed by atoms with van der Waals surface area (Å²) in [4.78, 5) is 4.18. The first-order valence-electron chi connectivity index (χ1n) is 6.24. The van der Waals surface area contributed by atoms with Gasteiger partial charge in [0, 0.05) is 20.1 Å². The monoisotopic (exact) mass is 241 g/mol. The summed E-state index contributed by atoms with van der Waals surface area (Å²) in [5, 5.41) is 14.1. The molecule has 0 spiro atoms. The molecule has 0 fully saturated rings. The Balaban J connectivity index is 2.39. The van der Waals surface area contributed by atoms with Crippen LogP contribution in [0.25, 0.3) is 0 Å². The van der Waals surface area contributed by atoms with Gasteiger partial charge in [-0.2, -0.15) is 5.10 Å². The van der Waals surface area contributed by atoms with Crippen molar-refractivity contribution in [1.29, 1.82) is 0 Å². The average Bonchev–Trinajstić information content (AvgIpc) is 2.74. The van der Waals surface area contributed by atoms with Gasteiger partial charge in [0.2, 0.25) is 0 Å². The minimum absolute atomic E-state index is 0.193. The highest BCUT2D eigenvalue weighted by Gasteiger charge is 2.12. The van der Waals surface area contributed by atoms with Crippen LogP contribution in [0.4, 0.5) is 0 Å². The van der Waals surface area contributed by atoms with E-state index in [1.807, 2.05) is 11.6 Å². The van der Waals surface area contributed by atoms with Crippen LogP contribution in [0.2, 0.25) is 0 Å². The maximum absolute atomic E-state index is 9.92. The van der Waals surface area contributed by atoms with Crippen molar-refractivity contribution in [2.45, 2.75) is 58.3 Å². The molecular weight excluding hydrogens is 218 g/mol. The van der Waals surface area contributed by atoms with Gasteiger partial charge in [-0.25, -0.2) is 4.98 Å².